The molecule has 118 valence electrons. The van der Waals surface area contributed by atoms with E-state index in [0.29, 0.717) is 12.5 Å². The Hall–Kier alpha value is -1.62. The number of nitrogens with zero attached hydrogens (tertiary/aromatic N) is 4. The van der Waals surface area contributed by atoms with Gasteiger partial charge in [-0.1, -0.05) is 12.2 Å². The van der Waals surface area contributed by atoms with E-state index in [1.165, 1.54) is 19.4 Å². The molecule has 0 spiro atoms. The summed E-state index contributed by atoms with van der Waals surface area (Å²) in [7, 11) is 0. The van der Waals surface area contributed by atoms with E-state index in [4.69, 9.17) is 4.98 Å². The third-order valence-corrected chi connectivity index (χ3v) is 5.10. The van der Waals surface area contributed by atoms with Crippen LogP contribution in [0, 0.1) is 5.92 Å². The standard InChI is InChI=1S/C17H24N4O/c1-13-17-18-15(10-16(22)19-6-2-3-7-19)12-21(17)9-8-20(13)11-14-4-5-14/h2-3,12-14H,4-11H2,1H3. The van der Waals surface area contributed by atoms with E-state index < -0.39 is 0 Å². The Kier molecular flexibility index (Phi) is 3.53. The molecule has 1 aromatic rings. The van der Waals surface area contributed by atoms with Crippen molar-refractivity contribution >= 4 is 5.91 Å². The first-order chi connectivity index (χ1) is 10.7. The molecule has 0 radical (unpaired) electrons. The summed E-state index contributed by atoms with van der Waals surface area (Å²) >= 11 is 0. The number of fused-ring (bicyclic) bond motifs is 1. The predicted molar refractivity (Wildman–Crippen MR) is 84.4 cm³/mol. The van der Waals surface area contributed by atoms with Crippen LogP contribution < -0.4 is 0 Å². The zero-order valence-corrected chi connectivity index (χ0v) is 13.2. The van der Waals surface area contributed by atoms with Crippen LogP contribution in [0.1, 0.15) is 37.3 Å². The lowest BCUT2D eigenvalue weighted by Crippen LogP contribution is -2.38. The molecule has 1 aromatic heterocycles. The van der Waals surface area contributed by atoms with Crippen molar-refractivity contribution in [1.82, 2.24) is 19.4 Å². The third-order valence-electron chi connectivity index (χ3n) is 5.10. The highest BCUT2D eigenvalue weighted by Gasteiger charge is 2.31. The minimum Gasteiger partial charge on any atom is -0.335 e. The smallest absolute Gasteiger partial charge is 0.229 e. The minimum atomic E-state index is 0.183. The second kappa shape index (κ2) is 5.54. The number of imidazole rings is 1. The summed E-state index contributed by atoms with van der Waals surface area (Å²) in [5, 5.41) is 0. The molecule has 1 unspecified atom stereocenters. The van der Waals surface area contributed by atoms with E-state index in [2.05, 4.69) is 22.6 Å². The molecule has 0 bridgehead atoms. The molecule has 0 saturated heterocycles. The molecule has 0 aromatic carbocycles. The molecular weight excluding hydrogens is 276 g/mol. The molecule has 5 heteroatoms. The van der Waals surface area contributed by atoms with E-state index in [9.17, 15) is 4.79 Å². The van der Waals surface area contributed by atoms with Crippen molar-refractivity contribution in [2.45, 2.75) is 38.8 Å². The number of carbonyl (C=O) groups excluding carboxylic acids is 1. The summed E-state index contributed by atoms with van der Waals surface area (Å²) in [6, 6.07) is 0.367. The first-order valence-electron chi connectivity index (χ1n) is 8.43. The Morgan fingerprint density at radius 1 is 1.27 bits per heavy atom. The van der Waals surface area contributed by atoms with E-state index in [0.717, 1.165) is 43.6 Å². The Labute approximate surface area is 131 Å². The van der Waals surface area contributed by atoms with Gasteiger partial charge in [-0.25, -0.2) is 4.98 Å². The van der Waals surface area contributed by atoms with Crippen LogP contribution in [0.5, 0.6) is 0 Å². The van der Waals surface area contributed by atoms with Gasteiger partial charge < -0.3 is 9.47 Å². The fourth-order valence-electron chi connectivity index (χ4n) is 3.51. The van der Waals surface area contributed by atoms with Crippen molar-refractivity contribution in [2.75, 3.05) is 26.2 Å². The van der Waals surface area contributed by atoms with Crippen LogP contribution in [0.25, 0.3) is 0 Å². The molecule has 1 amide bonds. The molecule has 1 fully saturated rings. The van der Waals surface area contributed by atoms with Crippen LogP contribution in [0.3, 0.4) is 0 Å². The van der Waals surface area contributed by atoms with Crippen molar-refractivity contribution in [1.29, 1.82) is 0 Å². The largest absolute Gasteiger partial charge is 0.335 e. The van der Waals surface area contributed by atoms with Gasteiger partial charge in [0, 0.05) is 38.9 Å². The van der Waals surface area contributed by atoms with Gasteiger partial charge in [0.25, 0.3) is 0 Å². The van der Waals surface area contributed by atoms with E-state index >= 15 is 0 Å². The molecule has 22 heavy (non-hydrogen) atoms. The van der Waals surface area contributed by atoms with Gasteiger partial charge in [0.05, 0.1) is 18.2 Å². The molecular formula is C17H24N4O. The first kappa shape index (κ1) is 14.0. The summed E-state index contributed by atoms with van der Waals surface area (Å²) in [5.41, 5.74) is 0.923. The van der Waals surface area contributed by atoms with Crippen LogP contribution >= 0.6 is 0 Å². The second-order valence-electron chi connectivity index (χ2n) is 6.85. The average Bonchev–Trinajstić information content (AvgIpc) is 3.02. The van der Waals surface area contributed by atoms with Crippen LogP contribution in [0.15, 0.2) is 18.3 Å². The topological polar surface area (TPSA) is 41.4 Å². The van der Waals surface area contributed by atoms with Gasteiger partial charge in [0.2, 0.25) is 5.91 Å². The third kappa shape index (κ3) is 2.70. The van der Waals surface area contributed by atoms with Gasteiger partial charge in [-0.2, -0.15) is 0 Å². The molecule has 2 aliphatic heterocycles. The van der Waals surface area contributed by atoms with Gasteiger partial charge in [-0.3, -0.25) is 9.69 Å². The summed E-state index contributed by atoms with van der Waals surface area (Å²) in [5.74, 6) is 2.23. The van der Waals surface area contributed by atoms with Gasteiger partial charge in [-0.05, 0) is 25.7 Å². The Balaban J connectivity index is 1.44. The Morgan fingerprint density at radius 2 is 2.05 bits per heavy atom. The number of aromatic nitrogens is 2. The SMILES string of the molecule is CC1c2nc(CC(=O)N3CC=CC3)cn2CCN1CC1CC1. The molecule has 3 aliphatic rings. The quantitative estimate of drug-likeness (QED) is 0.793. The summed E-state index contributed by atoms with van der Waals surface area (Å²) in [4.78, 5) is 21.5. The van der Waals surface area contributed by atoms with E-state index in [1.807, 2.05) is 17.1 Å². The van der Waals surface area contributed by atoms with Crippen LogP contribution in [-0.2, 0) is 17.8 Å². The van der Waals surface area contributed by atoms with Crippen molar-refractivity contribution < 1.29 is 4.79 Å². The fourth-order valence-corrected chi connectivity index (χ4v) is 3.51. The molecule has 4 rings (SSSR count). The lowest BCUT2D eigenvalue weighted by atomic mass is 10.2. The number of carbonyl (C=O) groups is 1. The van der Waals surface area contributed by atoms with Crippen molar-refractivity contribution in [3.8, 4) is 0 Å². The van der Waals surface area contributed by atoms with Crippen molar-refractivity contribution in [3.05, 3.63) is 29.9 Å². The normalized spacial score (nSPS) is 24.8. The highest BCUT2D eigenvalue weighted by atomic mass is 16.2. The number of hydrogen-bond donors (Lipinski definition) is 0. The first-order valence-corrected chi connectivity index (χ1v) is 8.43. The molecule has 1 atom stereocenters. The second-order valence-corrected chi connectivity index (χ2v) is 6.85. The monoisotopic (exact) mass is 300 g/mol. The average molecular weight is 300 g/mol. The molecule has 1 saturated carbocycles. The fraction of sp³-hybridized carbons (Fsp3) is 0.647. The molecule has 5 nitrogen and oxygen atoms in total. The van der Waals surface area contributed by atoms with Crippen LogP contribution in [0.2, 0.25) is 0 Å². The maximum atomic E-state index is 12.3. The summed E-state index contributed by atoms with van der Waals surface area (Å²) in [6.45, 7) is 7.05. The minimum absolute atomic E-state index is 0.183. The lowest BCUT2D eigenvalue weighted by molar-refractivity contribution is -0.129. The summed E-state index contributed by atoms with van der Waals surface area (Å²) < 4.78 is 2.25. The number of amides is 1. The molecule has 1 aliphatic carbocycles. The van der Waals surface area contributed by atoms with Gasteiger partial charge in [0.1, 0.15) is 5.82 Å². The van der Waals surface area contributed by atoms with E-state index in [-0.39, 0.29) is 5.91 Å². The van der Waals surface area contributed by atoms with Gasteiger partial charge >= 0.3 is 0 Å². The molecule has 3 heterocycles. The molecule has 0 N–H and O–H groups in total. The van der Waals surface area contributed by atoms with Crippen LogP contribution in [0.4, 0.5) is 0 Å². The van der Waals surface area contributed by atoms with E-state index in [1.54, 1.807) is 0 Å². The zero-order chi connectivity index (χ0) is 15.1. The maximum Gasteiger partial charge on any atom is 0.229 e. The Bertz CT molecular complexity index is 594. The van der Waals surface area contributed by atoms with Crippen molar-refractivity contribution in [3.63, 3.8) is 0 Å². The highest BCUT2D eigenvalue weighted by Crippen LogP contribution is 2.34. The lowest BCUT2D eigenvalue weighted by Gasteiger charge is -2.33. The summed E-state index contributed by atoms with van der Waals surface area (Å²) in [6.07, 6.45) is 9.39. The van der Waals surface area contributed by atoms with Gasteiger partial charge in [0.15, 0.2) is 0 Å². The van der Waals surface area contributed by atoms with Gasteiger partial charge in [-0.15, -0.1) is 0 Å². The number of hydrogen-bond acceptors (Lipinski definition) is 3. The maximum absolute atomic E-state index is 12.3. The van der Waals surface area contributed by atoms with Crippen molar-refractivity contribution in [2.24, 2.45) is 5.92 Å². The highest BCUT2D eigenvalue weighted by molar-refractivity contribution is 5.79. The number of rotatable bonds is 4. The zero-order valence-electron chi connectivity index (χ0n) is 13.2. The van der Waals surface area contributed by atoms with Crippen LogP contribution in [-0.4, -0.2) is 51.4 Å². The predicted octanol–water partition coefficient (Wildman–Crippen LogP) is 1.61. The Morgan fingerprint density at radius 3 is 2.77 bits per heavy atom.